The van der Waals surface area contributed by atoms with E-state index in [1.54, 1.807) is 18.5 Å². The third-order valence-electron chi connectivity index (χ3n) is 3.73. The molecule has 0 aliphatic heterocycles. The zero-order valence-corrected chi connectivity index (χ0v) is 12.6. The van der Waals surface area contributed by atoms with E-state index in [-0.39, 0.29) is 0 Å². The van der Waals surface area contributed by atoms with E-state index in [1.165, 1.54) is 24.4 Å². The van der Waals surface area contributed by atoms with Crippen LogP contribution in [0, 0.1) is 11.8 Å². The molecule has 0 saturated carbocycles. The number of rotatable bonds is 3. The van der Waals surface area contributed by atoms with E-state index in [0.29, 0.717) is 34.4 Å². The molecule has 0 aliphatic rings. The largest absolute Gasteiger partial charge is 0.398 e. The Labute approximate surface area is 132 Å². The lowest BCUT2D eigenvalue weighted by Gasteiger charge is -2.13. The molecule has 0 atom stereocenters. The van der Waals surface area contributed by atoms with Gasteiger partial charge in [0.2, 0.25) is 5.95 Å². The van der Waals surface area contributed by atoms with E-state index < -0.39 is 11.8 Å². The first kappa shape index (κ1) is 15.1. The van der Waals surface area contributed by atoms with Crippen molar-refractivity contribution in [3.8, 4) is 22.3 Å². The summed E-state index contributed by atoms with van der Waals surface area (Å²) >= 11 is 0. The molecule has 0 bridgehead atoms. The second-order valence-electron chi connectivity index (χ2n) is 5.18. The molecule has 23 heavy (non-hydrogen) atoms. The molecule has 0 unspecified atom stereocenters. The highest BCUT2D eigenvalue weighted by atomic mass is 19.1. The molecule has 0 saturated heterocycles. The highest BCUT2D eigenvalue weighted by Gasteiger charge is 2.14. The molecule has 5 heteroatoms. The van der Waals surface area contributed by atoms with Crippen LogP contribution < -0.4 is 5.73 Å². The van der Waals surface area contributed by atoms with E-state index >= 15 is 0 Å². The maximum atomic E-state index is 14.7. The predicted octanol–water partition coefficient (Wildman–Crippen LogP) is 4.23. The van der Waals surface area contributed by atoms with Gasteiger partial charge in [0.1, 0.15) is 5.82 Å². The molecule has 0 amide bonds. The second-order valence-corrected chi connectivity index (χ2v) is 5.18. The Hall–Kier alpha value is -2.82. The molecule has 3 nitrogen and oxygen atoms in total. The maximum Gasteiger partial charge on any atom is 0.212 e. The fourth-order valence-corrected chi connectivity index (χ4v) is 2.59. The van der Waals surface area contributed by atoms with Crippen molar-refractivity contribution in [2.75, 3.05) is 5.73 Å². The zero-order valence-electron chi connectivity index (χ0n) is 12.6. The average molecular weight is 311 g/mol. The van der Waals surface area contributed by atoms with Gasteiger partial charge in [-0.3, -0.25) is 4.98 Å². The van der Waals surface area contributed by atoms with Crippen molar-refractivity contribution < 1.29 is 8.78 Å². The summed E-state index contributed by atoms with van der Waals surface area (Å²) < 4.78 is 27.7. The SMILES string of the molecule is CCc1cc(-c2cnccc2N)cc(F)c1-c1ccc(F)nc1. The number of nitrogens with zero attached hydrogens (tertiary/aromatic N) is 2. The third-order valence-corrected chi connectivity index (χ3v) is 3.73. The Kier molecular flexibility index (Phi) is 4.02. The topological polar surface area (TPSA) is 51.8 Å². The normalized spacial score (nSPS) is 10.7. The van der Waals surface area contributed by atoms with Gasteiger partial charge in [-0.25, -0.2) is 9.37 Å². The molecule has 0 spiro atoms. The number of pyridine rings is 2. The summed E-state index contributed by atoms with van der Waals surface area (Å²) in [5, 5.41) is 0. The molecule has 3 aromatic rings. The lowest BCUT2D eigenvalue weighted by molar-refractivity contribution is 0.583. The number of aryl methyl sites for hydroxylation is 1. The molecule has 1 aromatic carbocycles. The first-order chi connectivity index (χ1) is 11.1. The molecule has 0 radical (unpaired) electrons. The van der Waals surface area contributed by atoms with Gasteiger partial charge in [0.25, 0.3) is 0 Å². The minimum absolute atomic E-state index is 0.393. The predicted molar refractivity (Wildman–Crippen MR) is 86.6 cm³/mol. The summed E-state index contributed by atoms with van der Waals surface area (Å²) in [7, 11) is 0. The quantitative estimate of drug-likeness (QED) is 0.736. The van der Waals surface area contributed by atoms with Gasteiger partial charge in [0, 0.05) is 41.0 Å². The summed E-state index contributed by atoms with van der Waals surface area (Å²) in [5.74, 6) is -0.983. The van der Waals surface area contributed by atoms with Crippen molar-refractivity contribution in [3.63, 3.8) is 0 Å². The lowest BCUT2D eigenvalue weighted by Crippen LogP contribution is -1.97. The van der Waals surface area contributed by atoms with Crippen LogP contribution in [0.3, 0.4) is 0 Å². The van der Waals surface area contributed by atoms with Crippen molar-refractivity contribution in [1.29, 1.82) is 0 Å². The highest BCUT2D eigenvalue weighted by Crippen LogP contribution is 2.33. The van der Waals surface area contributed by atoms with Crippen LogP contribution >= 0.6 is 0 Å². The van der Waals surface area contributed by atoms with Crippen LogP contribution in [-0.2, 0) is 6.42 Å². The van der Waals surface area contributed by atoms with Gasteiger partial charge in [-0.1, -0.05) is 13.0 Å². The molecule has 116 valence electrons. The number of halogens is 2. The van der Waals surface area contributed by atoms with Crippen LogP contribution in [0.4, 0.5) is 14.5 Å². The molecule has 0 aliphatic carbocycles. The van der Waals surface area contributed by atoms with Crippen LogP contribution in [0.1, 0.15) is 12.5 Å². The molecule has 2 heterocycles. The number of aromatic nitrogens is 2. The van der Waals surface area contributed by atoms with Crippen LogP contribution in [0.25, 0.3) is 22.3 Å². The van der Waals surface area contributed by atoms with E-state index in [2.05, 4.69) is 9.97 Å². The number of nitrogens with two attached hydrogens (primary N) is 1. The highest BCUT2D eigenvalue weighted by molar-refractivity contribution is 5.79. The first-order valence-corrected chi connectivity index (χ1v) is 7.24. The second kappa shape index (κ2) is 6.12. The maximum absolute atomic E-state index is 14.7. The Bertz CT molecular complexity index is 845. The number of anilines is 1. The van der Waals surface area contributed by atoms with Crippen LogP contribution in [-0.4, -0.2) is 9.97 Å². The first-order valence-electron chi connectivity index (χ1n) is 7.24. The van der Waals surface area contributed by atoms with Gasteiger partial charge in [0.05, 0.1) is 0 Å². The summed E-state index contributed by atoms with van der Waals surface area (Å²) in [6, 6.07) is 7.73. The molecular formula is C18H15F2N3. The average Bonchev–Trinajstić information content (AvgIpc) is 2.55. The van der Waals surface area contributed by atoms with Gasteiger partial charge in [-0.15, -0.1) is 0 Å². The van der Waals surface area contributed by atoms with Gasteiger partial charge in [0.15, 0.2) is 0 Å². The lowest BCUT2D eigenvalue weighted by atomic mass is 9.94. The fraction of sp³-hybridized carbons (Fsp3) is 0.111. The third kappa shape index (κ3) is 2.90. The molecule has 2 aromatic heterocycles. The summed E-state index contributed by atoms with van der Waals surface area (Å²) in [5.41, 5.74) is 9.63. The standard InChI is InChI=1S/C18H15F2N3/c1-2-11-7-13(14-10-22-6-5-16(14)21)8-15(19)18(11)12-3-4-17(20)23-9-12/h3-10H,2H2,1H3,(H2,21,22). The van der Waals surface area contributed by atoms with E-state index in [0.717, 1.165) is 5.56 Å². The molecule has 3 rings (SSSR count). The smallest absolute Gasteiger partial charge is 0.212 e. The number of hydrogen-bond acceptors (Lipinski definition) is 3. The minimum Gasteiger partial charge on any atom is -0.398 e. The fourth-order valence-electron chi connectivity index (χ4n) is 2.59. The number of hydrogen-bond donors (Lipinski definition) is 1. The van der Waals surface area contributed by atoms with Crippen LogP contribution in [0.2, 0.25) is 0 Å². The van der Waals surface area contributed by atoms with Crippen molar-refractivity contribution in [1.82, 2.24) is 9.97 Å². The van der Waals surface area contributed by atoms with Crippen molar-refractivity contribution in [2.45, 2.75) is 13.3 Å². The monoisotopic (exact) mass is 311 g/mol. The van der Waals surface area contributed by atoms with Gasteiger partial charge in [-0.2, -0.15) is 4.39 Å². The zero-order chi connectivity index (χ0) is 16.4. The molecular weight excluding hydrogens is 296 g/mol. The minimum atomic E-state index is -0.591. The Morgan fingerprint density at radius 2 is 1.87 bits per heavy atom. The Balaban J connectivity index is 2.17. The number of nitrogen functional groups attached to an aromatic ring is 1. The van der Waals surface area contributed by atoms with E-state index in [1.807, 2.05) is 13.0 Å². The van der Waals surface area contributed by atoms with Crippen LogP contribution in [0.5, 0.6) is 0 Å². The summed E-state index contributed by atoms with van der Waals surface area (Å²) in [6.45, 7) is 1.94. The van der Waals surface area contributed by atoms with Crippen LogP contribution in [0.15, 0.2) is 48.9 Å². The Morgan fingerprint density at radius 1 is 1.04 bits per heavy atom. The van der Waals surface area contributed by atoms with Crippen molar-refractivity contribution in [3.05, 3.63) is 66.3 Å². The van der Waals surface area contributed by atoms with Gasteiger partial charge >= 0.3 is 0 Å². The van der Waals surface area contributed by atoms with Gasteiger partial charge < -0.3 is 5.73 Å². The van der Waals surface area contributed by atoms with E-state index in [9.17, 15) is 8.78 Å². The molecule has 0 fully saturated rings. The Morgan fingerprint density at radius 3 is 2.52 bits per heavy atom. The summed E-state index contributed by atoms with van der Waals surface area (Å²) in [6.07, 6.45) is 5.17. The van der Waals surface area contributed by atoms with Crippen molar-refractivity contribution >= 4 is 5.69 Å². The summed E-state index contributed by atoms with van der Waals surface area (Å²) in [4.78, 5) is 7.65. The molecule has 2 N–H and O–H groups in total. The van der Waals surface area contributed by atoms with Gasteiger partial charge in [-0.05, 0) is 41.8 Å². The van der Waals surface area contributed by atoms with Crippen molar-refractivity contribution in [2.24, 2.45) is 0 Å². The van der Waals surface area contributed by atoms with E-state index in [4.69, 9.17) is 5.73 Å². The number of benzene rings is 1.